The van der Waals surface area contributed by atoms with E-state index in [9.17, 15) is 9.18 Å². The quantitative estimate of drug-likeness (QED) is 0.359. The normalized spacial score (nSPS) is 22.0. The molecule has 2 aliphatic carbocycles. The van der Waals surface area contributed by atoms with Gasteiger partial charge in [-0.2, -0.15) is 0 Å². The summed E-state index contributed by atoms with van der Waals surface area (Å²) >= 11 is 0. The number of amides is 2. The number of aromatic nitrogens is 1. The summed E-state index contributed by atoms with van der Waals surface area (Å²) in [4.78, 5) is 22.0. The van der Waals surface area contributed by atoms with Crippen molar-refractivity contribution in [3.05, 3.63) is 125 Å². The number of nitrogens with zero attached hydrogens (tertiary/aromatic N) is 4. The van der Waals surface area contributed by atoms with Gasteiger partial charge in [0.15, 0.2) is 0 Å². The average Bonchev–Trinajstić information content (AvgIpc) is 3.67. The Labute approximate surface area is 252 Å². The number of benzene rings is 2. The molecule has 7 nitrogen and oxygen atoms in total. The van der Waals surface area contributed by atoms with Crippen molar-refractivity contribution in [2.75, 3.05) is 36.1 Å². The highest BCUT2D eigenvalue weighted by Gasteiger charge is 2.39. The Morgan fingerprint density at radius 3 is 2.49 bits per heavy atom. The van der Waals surface area contributed by atoms with Crippen molar-refractivity contribution >= 4 is 17.4 Å². The van der Waals surface area contributed by atoms with E-state index in [1.165, 1.54) is 28.9 Å². The summed E-state index contributed by atoms with van der Waals surface area (Å²) in [6, 6.07) is 21.0. The van der Waals surface area contributed by atoms with Crippen molar-refractivity contribution in [1.82, 2.24) is 20.6 Å². The Kier molecular flexibility index (Phi) is 7.35. The fourth-order valence-electron chi connectivity index (χ4n) is 7.17. The molecule has 3 aromatic rings. The van der Waals surface area contributed by atoms with Gasteiger partial charge in [0.05, 0.1) is 17.4 Å². The lowest BCUT2D eigenvalue weighted by Crippen LogP contribution is -2.52. The molecular weight excluding hydrogens is 539 g/mol. The monoisotopic (exact) mass is 576 g/mol. The molecule has 2 aromatic carbocycles. The number of fused-ring (bicyclic) bond motifs is 1. The van der Waals surface area contributed by atoms with Crippen LogP contribution in [0.25, 0.3) is 0 Å². The topological polar surface area (TPSA) is 63.7 Å². The van der Waals surface area contributed by atoms with E-state index in [2.05, 4.69) is 64.1 Å². The summed E-state index contributed by atoms with van der Waals surface area (Å²) in [5.41, 5.74) is 11.9. The molecule has 1 fully saturated rings. The van der Waals surface area contributed by atoms with Gasteiger partial charge in [0.25, 0.3) is 0 Å². The van der Waals surface area contributed by atoms with Crippen molar-refractivity contribution < 1.29 is 9.18 Å². The molecule has 0 bridgehead atoms. The molecule has 2 N–H and O–H groups in total. The Morgan fingerprint density at radius 1 is 1.00 bits per heavy atom. The number of allylic oxidation sites excluding steroid dienone is 4. The first kappa shape index (κ1) is 27.3. The predicted octanol–water partition coefficient (Wildman–Crippen LogP) is 6.33. The van der Waals surface area contributed by atoms with Gasteiger partial charge in [0.1, 0.15) is 5.82 Å². The van der Waals surface area contributed by atoms with Crippen molar-refractivity contribution in [3.8, 4) is 0 Å². The number of pyridine rings is 1. The molecular formula is C35H37FN6O. The number of hydrogen-bond donors (Lipinski definition) is 2. The molecule has 8 heteroatoms. The number of anilines is 2. The third-order valence-corrected chi connectivity index (χ3v) is 9.40. The molecule has 1 aromatic heterocycles. The third-order valence-electron chi connectivity index (χ3n) is 9.40. The lowest BCUT2D eigenvalue weighted by atomic mass is 9.78. The summed E-state index contributed by atoms with van der Waals surface area (Å²) in [6.07, 6.45) is 11.0. The molecule has 2 amide bonds. The molecule has 2 aliphatic heterocycles. The summed E-state index contributed by atoms with van der Waals surface area (Å²) in [6.45, 7) is 5.27. The second kappa shape index (κ2) is 11.6. The molecule has 220 valence electrons. The molecule has 0 radical (unpaired) electrons. The molecule has 0 saturated carbocycles. The first-order chi connectivity index (χ1) is 21.0. The van der Waals surface area contributed by atoms with Gasteiger partial charge in [-0.15, -0.1) is 0 Å². The summed E-state index contributed by atoms with van der Waals surface area (Å²) in [7, 11) is 0. The smallest absolute Gasteiger partial charge is 0.318 e. The predicted molar refractivity (Wildman–Crippen MR) is 167 cm³/mol. The highest BCUT2D eigenvalue weighted by molar-refractivity contribution is 5.75. The third kappa shape index (κ3) is 5.38. The number of nitrogens with one attached hydrogen (secondary N) is 2. The van der Waals surface area contributed by atoms with Crippen molar-refractivity contribution in [1.29, 1.82) is 0 Å². The van der Waals surface area contributed by atoms with Crippen LogP contribution in [-0.4, -0.2) is 42.1 Å². The van der Waals surface area contributed by atoms with Crippen LogP contribution in [0.1, 0.15) is 37.8 Å². The van der Waals surface area contributed by atoms with Crippen LogP contribution >= 0.6 is 0 Å². The Hall–Kier alpha value is -4.59. The van der Waals surface area contributed by atoms with E-state index in [1.54, 1.807) is 12.1 Å². The van der Waals surface area contributed by atoms with Gasteiger partial charge in [-0.05, 0) is 78.8 Å². The van der Waals surface area contributed by atoms with Gasteiger partial charge in [-0.1, -0.05) is 42.8 Å². The Balaban J connectivity index is 1.07. The van der Waals surface area contributed by atoms with Crippen LogP contribution in [-0.2, 0) is 0 Å². The molecule has 4 aliphatic rings. The van der Waals surface area contributed by atoms with E-state index in [1.807, 2.05) is 40.5 Å². The molecule has 1 unspecified atom stereocenters. The zero-order chi connectivity index (χ0) is 29.3. The van der Waals surface area contributed by atoms with Gasteiger partial charge >= 0.3 is 6.03 Å². The second-order valence-electron chi connectivity index (χ2n) is 11.8. The Bertz CT molecular complexity index is 1560. The SMILES string of the molecule is C[C@H]1C2=CNN(c3ccc(F)cc3)C2=CC2=C1[C@@H](CC(NC(=O)N1CCN(c3ccncc3)CC1)c1ccccc1)CC2. The average molecular weight is 577 g/mol. The number of urea groups is 1. The number of hydrazine groups is 1. The fourth-order valence-corrected chi connectivity index (χ4v) is 7.17. The van der Waals surface area contributed by atoms with Gasteiger partial charge in [0, 0.05) is 62.0 Å². The van der Waals surface area contributed by atoms with Crippen LogP contribution in [0, 0.1) is 17.7 Å². The maximum atomic E-state index is 13.6. The molecule has 3 atom stereocenters. The maximum Gasteiger partial charge on any atom is 0.318 e. The zero-order valence-corrected chi connectivity index (χ0v) is 24.4. The van der Waals surface area contributed by atoms with Crippen LogP contribution in [0.3, 0.4) is 0 Å². The molecule has 3 heterocycles. The van der Waals surface area contributed by atoms with Gasteiger partial charge in [-0.25, -0.2) is 9.18 Å². The number of carbonyl (C=O) groups excluding carboxylic acids is 1. The largest absolute Gasteiger partial charge is 0.368 e. The van der Waals surface area contributed by atoms with E-state index < -0.39 is 0 Å². The lowest BCUT2D eigenvalue weighted by Gasteiger charge is -2.37. The standard InChI is InChI=1S/C35H37FN6O/c1-24-31-23-38-42(30-11-9-28(36)10-12-30)33(31)22-27-8-7-26(34(24)27)21-32(25-5-3-2-4-6-25)39-35(43)41-19-17-40(18-20-41)29-13-15-37-16-14-29/h2-6,9-16,22-24,26,32,38H,7-8,17-21H2,1H3,(H,39,43)/t24-,26+,32?/m0/s1. The first-order valence-corrected chi connectivity index (χ1v) is 15.3. The van der Waals surface area contributed by atoms with Crippen LogP contribution in [0.5, 0.6) is 0 Å². The second-order valence-corrected chi connectivity index (χ2v) is 11.8. The zero-order valence-electron chi connectivity index (χ0n) is 24.4. The number of rotatable bonds is 6. The van der Waals surface area contributed by atoms with Gasteiger partial charge in [0.2, 0.25) is 0 Å². The maximum absolute atomic E-state index is 13.6. The minimum absolute atomic E-state index is 0.00643. The minimum Gasteiger partial charge on any atom is -0.368 e. The first-order valence-electron chi connectivity index (χ1n) is 15.3. The Morgan fingerprint density at radius 2 is 1.74 bits per heavy atom. The number of carbonyl (C=O) groups is 1. The van der Waals surface area contributed by atoms with Crippen LogP contribution < -0.4 is 20.7 Å². The lowest BCUT2D eigenvalue weighted by molar-refractivity contribution is 0.188. The molecule has 7 rings (SSSR count). The van der Waals surface area contributed by atoms with E-state index in [-0.39, 0.29) is 23.8 Å². The highest BCUT2D eigenvalue weighted by atomic mass is 19.1. The van der Waals surface area contributed by atoms with Crippen molar-refractivity contribution in [3.63, 3.8) is 0 Å². The van der Waals surface area contributed by atoms with Crippen molar-refractivity contribution in [2.45, 2.75) is 32.2 Å². The van der Waals surface area contributed by atoms with Gasteiger partial charge in [-0.3, -0.25) is 9.99 Å². The minimum atomic E-state index is -0.238. The number of halogens is 1. The number of hydrogen-bond acceptors (Lipinski definition) is 5. The summed E-state index contributed by atoms with van der Waals surface area (Å²) in [5, 5.41) is 5.47. The van der Waals surface area contributed by atoms with Crippen LogP contribution in [0.4, 0.5) is 20.6 Å². The molecule has 1 saturated heterocycles. The fraction of sp³-hybridized carbons (Fsp3) is 0.314. The van der Waals surface area contributed by atoms with Crippen LogP contribution in [0.2, 0.25) is 0 Å². The van der Waals surface area contributed by atoms with Gasteiger partial charge < -0.3 is 20.5 Å². The molecule has 0 spiro atoms. The van der Waals surface area contributed by atoms with E-state index in [0.29, 0.717) is 19.0 Å². The van der Waals surface area contributed by atoms with E-state index >= 15 is 0 Å². The number of piperazine rings is 1. The van der Waals surface area contributed by atoms with Crippen molar-refractivity contribution in [2.24, 2.45) is 11.8 Å². The molecule has 43 heavy (non-hydrogen) atoms. The summed E-state index contributed by atoms with van der Waals surface area (Å²) < 4.78 is 13.6. The highest BCUT2D eigenvalue weighted by Crippen LogP contribution is 2.49. The van der Waals surface area contributed by atoms with E-state index in [0.717, 1.165) is 55.0 Å². The van der Waals surface area contributed by atoms with Crippen LogP contribution in [0.15, 0.2) is 114 Å². The summed E-state index contributed by atoms with van der Waals surface area (Å²) in [5.74, 6) is 0.393. The van der Waals surface area contributed by atoms with E-state index in [4.69, 9.17) is 0 Å².